The molecule has 0 saturated carbocycles. The molecule has 0 unspecified atom stereocenters. The topological polar surface area (TPSA) is 50.2 Å². The maximum Gasteiger partial charge on any atom is 0.347 e. The number of carbonyl (C=O) groups is 1. The molecule has 100 valence electrons. The summed E-state index contributed by atoms with van der Waals surface area (Å²) in [7, 11) is 0. The Bertz CT molecular complexity index is 564. The minimum Gasteiger partial charge on any atom is -0.477 e. The Morgan fingerprint density at radius 2 is 2.05 bits per heavy atom. The largest absolute Gasteiger partial charge is 0.477 e. The number of nitrogens with zero attached hydrogens (tertiary/aromatic N) is 1. The van der Waals surface area contributed by atoms with E-state index in [1.807, 2.05) is 44.2 Å². The molecule has 0 aliphatic carbocycles. The van der Waals surface area contributed by atoms with E-state index in [2.05, 4.69) is 4.98 Å². The summed E-state index contributed by atoms with van der Waals surface area (Å²) < 4.78 is 0. The highest BCUT2D eigenvalue weighted by atomic mass is 32.2. The van der Waals surface area contributed by atoms with Crippen LogP contribution in [0.15, 0.2) is 35.2 Å². The van der Waals surface area contributed by atoms with E-state index < -0.39 is 5.97 Å². The van der Waals surface area contributed by atoms with Crippen LogP contribution >= 0.6 is 23.1 Å². The molecule has 0 saturated heterocycles. The van der Waals surface area contributed by atoms with Crippen molar-refractivity contribution in [1.29, 1.82) is 0 Å². The predicted octanol–water partition coefficient (Wildman–Crippen LogP) is 4.26. The summed E-state index contributed by atoms with van der Waals surface area (Å²) in [4.78, 5) is 17.2. The van der Waals surface area contributed by atoms with Crippen molar-refractivity contribution in [3.8, 4) is 0 Å². The molecule has 0 aliphatic rings. The van der Waals surface area contributed by atoms with E-state index in [1.165, 1.54) is 16.2 Å². The number of aromatic nitrogens is 1. The number of hydrogen-bond acceptors (Lipinski definition) is 4. The number of thiazole rings is 1. The molecule has 3 nitrogen and oxygen atoms in total. The summed E-state index contributed by atoms with van der Waals surface area (Å²) in [6, 6.07) is 10.0. The Hall–Kier alpha value is -1.33. The Balaban J connectivity index is 2.13. The zero-order chi connectivity index (χ0) is 13.8. The average Bonchev–Trinajstić information content (AvgIpc) is 2.82. The molecule has 2 rings (SSSR count). The lowest BCUT2D eigenvalue weighted by atomic mass is 10.1. The third-order valence-corrected chi connectivity index (χ3v) is 4.81. The van der Waals surface area contributed by atoms with Crippen molar-refractivity contribution >= 4 is 29.1 Å². The smallest absolute Gasteiger partial charge is 0.347 e. The van der Waals surface area contributed by atoms with E-state index in [0.717, 1.165) is 5.01 Å². The Labute approximate surface area is 120 Å². The molecule has 0 bridgehead atoms. The van der Waals surface area contributed by atoms with Gasteiger partial charge in [-0.05, 0) is 18.1 Å². The highest BCUT2D eigenvalue weighted by Gasteiger charge is 2.19. The average molecular weight is 293 g/mol. The first-order valence-electron chi connectivity index (χ1n) is 5.98. The van der Waals surface area contributed by atoms with Crippen LogP contribution in [0, 0.1) is 0 Å². The van der Waals surface area contributed by atoms with Crippen LogP contribution in [0.3, 0.4) is 0 Å². The van der Waals surface area contributed by atoms with Crippen molar-refractivity contribution in [2.24, 2.45) is 0 Å². The van der Waals surface area contributed by atoms with Crippen molar-refractivity contribution in [3.63, 3.8) is 0 Å². The van der Waals surface area contributed by atoms with Crippen molar-refractivity contribution in [1.82, 2.24) is 4.98 Å². The minimum absolute atomic E-state index is 0.137. The van der Waals surface area contributed by atoms with Gasteiger partial charge in [0.25, 0.3) is 0 Å². The molecule has 5 heteroatoms. The van der Waals surface area contributed by atoms with Gasteiger partial charge in [-0.15, -0.1) is 23.1 Å². The molecule has 1 aromatic carbocycles. The van der Waals surface area contributed by atoms with Gasteiger partial charge >= 0.3 is 5.97 Å². The van der Waals surface area contributed by atoms with Crippen LogP contribution in [0.25, 0.3) is 0 Å². The number of carboxylic acids is 1. The van der Waals surface area contributed by atoms with Crippen LogP contribution in [-0.4, -0.2) is 16.1 Å². The van der Waals surface area contributed by atoms with E-state index in [-0.39, 0.29) is 5.92 Å². The molecule has 2 aromatic rings. The van der Waals surface area contributed by atoms with Gasteiger partial charge in [0.2, 0.25) is 0 Å². The first-order valence-corrected chi connectivity index (χ1v) is 7.79. The molecule has 0 amide bonds. The van der Waals surface area contributed by atoms with E-state index in [0.29, 0.717) is 16.3 Å². The first-order chi connectivity index (χ1) is 9.08. The van der Waals surface area contributed by atoms with E-state index in [4.69, 9.17) is 0 Å². The number of benzene rings is 1. The molecular formula is C14H15NO2S2. The number of thioether (sulfide) groups is 1. The molecule has 0 fully saturated rings. The first kappa shape index (κ1) is 14.1. The standard InChI is InChI=1S/C14H15NO2S2/c1-9(2)12-13(14(16)17)19-11(15-12)8-18-10-6-4-3-5-7-10/h3-7,9H,8H2,1-2H3,(H,16,17). The van der Waals surface area contributed by atoms with Gasteiger partial charge in [-0.1, -0.05) is 32.0 Å². The second kappa shape index (κ2) is 6.21. The monoisotopic (exact) mass is 293 g/mol. The maximum absolute atomic E-state index is 11.2. The highest BCUT2D eigenvalue weighted by Crippen LogP contribution is 2.29. The summed E-state index contributed by atoms with van der Waals surface area (Å²) >= 11 is 2.96. The van der Waals surface area contributed by atoms with Gasteiger partial charge in [-0.2, -0.15) is 0 Å². The van der Waals surface area contributed by atoms with Crippen LogP contribution in [0.1, 0.15) is 40.1 Å². The summed E-state index contributed by atoms with van der Waals surface area (Å²) in [5.74, 6) is -0.0308. The van der Waals surface area contributed by atoms with Gasteiger partial charge in [0.15, 0.2) is 0 Å². The van der Waals surface area contributed by atoms with Gasteiger partial charge in [0.1, 0.15) is 9.88 Å². The summed E-state index contributed by atoms with van der Waals surface area (Å²) in [5.41, 5.74) is 0.696. The van der Waals surface area contributed by atoms with Crippen LogP contribution < -0.4 is 0 Å². The van der Waals surface area contributed by atoms with Crippen molar-refractivity contribution in [3.05, 3.63) is 45.9 Å². The third-order valence-electron chi connectivity index (χ3n) is 2.54. The Kier molecular flexibility index (Phi) is 4.61. The van der Waals surface area contributed by atoms with E-state index in [1.54, 1.807) is 11.8 Å². The van der Waals surface area contributed by atoms with Crippen molar-refractivity contribution in [2.75, 3.05) is 0 Å². The molecule has 19 heavy (non-hydrogen) atoms. The molecule has 0 aliphatic heterocycles. The summed E-state index contributed by atoms with van der Waals surface area (Å²) in [6.07, 6.45) is 0. The molecular weight excluding hydrogens is 278 g/mol. The molecule has 1 N–H and O–H groups in total. The maximum atomic E-state index is 11.2. The summed E-state index contributed by atoms with van der Waals surface area (Å²) in [6.45, 7) is 3.94. The number of carboxylic acid groups (broad SMARTS) is 1. The van der Waals surface area contributed by atoms with Crippen LogP contribution in [-0.2, 0) is 5.75 Å². The number of rotatable bonds is 5. The van der Waals surface area contributed by atoms with Gasteiger partial charge in [-0.3, -0.25) is 0 Å². The molecule has 1 heterocycles. The quantitative estimate of drug-likeness (QED) is 0.837. The van der Waals surface area contributed by atoms with Gasteiger partial charge in [0.05, 0.1) is 11.4 Å². The third kappa shape index (κ3) is 3.58. The lowest BCUT2D eigenvalue weighted by molar-refractivity contribution is 0.0700. The lowest BCUT2D eigenvalue weighted by Gasteiger charge is -2.00. The molecule has 0 radical (unpaired) electrons. The molecule has 0 atom stereocenters. The van der Waals surface area contributed by atoms with E-state index in [9.17, 15) is 9.90 Å². The molecule has 0 spiro atoms. The SMILES string of the molecule is CC(C)c1nc(CSc2ccccc2)sc1C(=O)O. The lowest BCUT2D eigenvalue weighted by Crippen LogP contribution is -2.00. The molecule has 1 aromatic heterocycles. The minimum atomic E-state index is -0.878. The van der Waals surface area contributed by atoms with Gasteiger partial charge < -0.3 is 5.11 Å². The number of hydrogen-bond donors (Lipinski definition) is 1. The number of aromatic carboxylic acids is 1. The Morgan fingerprint density at radius 1 is 1.37 bits per heavy atom. The van der Waals surface area contributed by atoms with Crippen molar-refractivity contribution in [2.45, 2.75) is 30.4 Å². The van der Waals surface area contributed by atoms with Crippen LogP contribution in [0.5, 0.6) is 0 Å². The fourth-order valence-electron chi connectivity index (χ4n) is 1.65. The highest BCUT2D eigenvalue weighted by molar-refractivity contribution is 7.98. The fraction of sp³-hybridized carbons (Fsp3) is 0.286. The fourth-order valence-corrected chi connectivity index (χ4v) is 3.62. The Morgan fingerprint density at radius 3 is 2.58 bits per heavy atom. The van der Waals surface area contributed by atoms with Crippen molar-refractivity contribution < 1.29 is 9.90 Å². The van der Waals surface area contributed by atoms with Gasteiger partial charge in [-0.25, -0.2) is 9.78 Å². The summed E-state index contributed by atoms with van der Waals surface area (Å²) in [5, 5.41) is 10.0. The van der Waals surface area contributed by atoms with Crippen LogP contribution in [0.2, 0.25) is 0 Å². The second-order valence-corrected chi connectivity index (χ2v) is 6.52. The normalized spacial score (nSPS) is 10.9. The van der Waals surface area contributed by atoms with E-state index >= 15 is 0 Å². The zero-order valence-corrected chi connectivity index (χ0v) is 12.4. The second-order valence-electron chi connectivity index (χ2n) is 4.38. The van der Waals surface area contributed by atoms with Gasteiger partial charge in [0, 0.05) is 4.90 Å². The predicted molar refractivity (Wildman–Crippen MR) is 79.2 cm³/mol. The van der Waals surface area contributed by atoms with Crippen LogP contribution in [0.4, 0.5) is 0 Å². The zero-order valence-electron chi connectivity index (χ0n) is 10.8.